The van der Waals surface area contributed by atoms with E-state index < -0.39 is 0 Å². The van der Waals surface area contributed by atoms with Gasteiger partial charge in [-0.25, -0.2) is 0 Å². The van der Waals surface area contributed by atoms with Gasteiger partial charge in [-0.1, -0.05) is 0 Å². The number of anilines is 1. The van der Waals surface area contributed by atoms with Gasteiger partial charge >= 0.3 is 0 Å². The fourth-order valence-electron chi connectivity index (χ4n) is 1.06. The van der Waals surface area contributed by atoms with E-state index in [2.05, 4.69) is 4.98 Å². The average Bonchev–Trinajstić information content (AvgIpc) is 2.34. The number of aromatic amines is 1. The fraction of sp³-hybridized carbons (Fsp3) is 0. The molecule has 0 saturated heterocycles. The van der Waals surface area contributed by atoms with Crippen molar-refractivity contribution in [3.05, 3.63) is 34.7 Å². The molecule has 2 aromatic rings. The highest BCUT2D eigenvalue weighted by Gasteiger charge is 1.95. The second-order valence-corrected chi connectivity index (χ2v) is 2.33. The van der Waals surface area contributed by atoms with E-state index >= 15 is 0 Å². The summed E-state index contributed by atoms with van der Waals surface area (Å²) in [5, 5.41) is 0. The molecule has 2 rings (SSSR count). The first-order valence-electron chi connectivity index (χ1n) is 3.23. The van der Waals surface area contributed by atoms with Crippen LogP contribution in [-0.2, 0) is 0 Å². The van der Waals surface area contributed by atoms with Gasteiger partial charge in [-0.2, -0.15) is 0 Å². The standard InChI is InChI=1S/C7H7N3O/c8-5-4-7(11)10-3-1-2-6(10)9-5/h1-4,9H,8H2. The van der Waals surface area contributed by atoms with E-state index in [0.717, 1.165) is 5.65 Å². The first-order valence-corrected chi connectivity index (χ1v) is 3.23. The van der Waals surface area contributed by atoms with Gasteiger partial charge in [-0.3, -0.25) is 9.20 Å². The number of fused-ring (bicyclic) bond motifs is 1. The molecule has 0 aliphatic carbocycles. The maximum atomic E-state index is 11.1. The van der Waals surface area contributed by atoms with Crippen LogP contribution in [0.4, 0.5) is 5.82 Å². The number of nitrogen functional groups attached to an aromatic ring is 1. The minimum absolute atomic E-state index is 0.110. The van der Waals surface area contributed by atoms with E-state index in [9.17, 15) is 4.79 Å². The summed E-state index contributed by atoms with van der Waals surface area (Å²) in [5.74, 6) is 0.390. The Labute approximate surface area is 62.3 Å². The SMILES string of the molecule is Nc1cc(=O)n2cccc2[nH]1. The van der Waals surface area contributed by atoms with E-state index in [4.69, 9.17) is 5.73 Å². The number of hydrogen-bond acceptors (Lipinski definition) is 2. The zero-order chi connectivity index (χ0) is 7.84. The first kappa shape index (κ1) is 6.03. The van der Waals surface area contributed by atoms with Crippen LogP contribution in [0.25, 0.3) is 5.65 Å². The van der Waals surface area contributed by atoms with E-state index in [1.165, 1.54) is 10.5 Å². The van der Waals surface area contributed by atoms with Gasteiger partial charge in [-0.05, 0) is 12.1 Å². The Morgan fingerprint density at radius 3 is 3.18 bits per heavy atom. The van der Waals surface area contributed by atoms with Crippen molar-refractivity contribution in [2.24, 2.45) is 0 Å². The second-order valence-electron chi connectivity index (χ2n) is 2.33. The van der Waals surface area contributed by atoms with Crippen molar-refractivity contribution in [2.45, 2.75) is 0 Å². The van der Waals surface area contributed by atoms with Gasteiger partial charge in [0.2, 0.25) is 0 Å². The molecule has 2 heterocycles. The molecule has 4 nitrogen and oxygen atoms in total. The van der Waals surface area contributed by atoms with Crippen LogP contribution in [0.1, 0.15) is 0 Å². The van der Waals surface area contributed by atoms with Crippen molar-refractivity contribution >= 4 is 11.5 Å². The third-order valence-corrected chi connectivity index (χ3v) is 1.54. The summed E-state index contributed by atoms with van der Waals surface area (Å²) in [5.41, 5.74) is 6.02. The van der Waals surface area contributed by atoms with Crippen LogP contribution in [0, 0.1) is 0 Å². The lowest BCUT2D eigenvalue weighted by molar-refractivity contribution is 1.08. The smallest absolute Gasteiger partial charge is 0.259 e. The van der Waals surface area contributed by atoms with E-state index in [1.54, 1.807) is 18.3 Å². The monoisotopic (exact) mass is 149 g/mol. The molecule has 0 radical (unpaired) electrons. The summed E-state index contributed by atoms with van der Waals surface area (Å²) >= 11 is 0. The Kier molecular flexibility index (Phi) is 1.03. The summed E-state index contributed by atoms with van der Waals surface area (Å²) in [6, 6.07) is 4.93. The van der Waals surface area contributed by atoms with Crippen LogP contribution in [0.5, 0.6) is 0 Å². The van der Waals surface area contributed by atoms with Gasteiger partial charge in [-0.15, -0.1) is 0 Å². The maximum absolute atomic E-state index is 11.1. The number of hydrogen-bond donors (Lipinski definition) is 2. The van der Waals surface area contributed by atoms with E-state index in [-0.39, 0.29) is 5.56 Å². The molecule has 0 aliphatic rings. The van der Waals surface area contributed by atoms with Gasteiger partial charge in [0, 0.05) is 12.3 Å². The Hall–Kier alpha value is -1.71. The molecule has 0 spiro atoms. The zero-order valence-electron chi connectivity index (χ0n) is 5.74. The van der Waals surface area contributed by atoms with Crippen molar-refractivity contribution in [3.63, 3.8) is 0 Å². The first-order chi connectivity index (χ1) is 5.27. The normalized spacial score (nSPS) is 10.5. The third-order valence-electron chi connectivity index (χ3n) is 1.54. The molecule has 56 valence electrons. The van der Waals surface area contributed by atoms with Crippen LogP contribution in [-0.4, -0.2) is 9.38 Å². The minimum Gasteiger partial charge on any atom is -0.385 e. The van der Waals surface area contributed by atoms with Crippen molar-refractivity contribution in [2.75, 3.05) is 5.73 Å². The highest BCUT2D eigenvalue weighted by Crippen LogP contribution is 1.98. The molecule has 4 heteroatoms. The molecule has 3 N–H and O–H groups in total. The van der Waals surface area contributed by atoms with Crippen LogP contribution >= 0.6 is 0 Å². The molecule has 0 aliphatic heterocycles. The topological polar surface area (TPSA) is 63.3 Å². The predicted octanol–water partition coefficient (Wildman–Crippen LogP) is 0.210. The number of rotatable bonds is 0. The number of nitrogens with one attached hydrogen (secondary N) is 1. The van der Waals surface area contributed by atoms with E-state index in [1.807, 2.05) is 0 Å². The summed E-state index contributed by atoms with van der Waals surface area (Å²) in [6.45, 7) is 0. The van der Waals surface area contributed by atoms with Gasteiger partial charge < -0.3 is 10.7 Å². The van der Waals surface area contributed by atoms with Crippen molar-refractivity contribution < 1.29 is 0 Å². The Balaban J connectivity index is 3.02. The molecule has 0 saturated carbocycles. The number of H-pyrrole nitrogens is 1. The molecule has 0 fully saturated rings. The van der Waals surface area contributed by atoms with Crippen LogP contribution in [0.2, 0.25) is 0 Å². The Bertz CT molecular complexity index is 440. The van der Waals surface area contributed by atoms with Crippen molar-refractivity contribution in [1.82, 2.24) is 9.38 Å². The van der Waals surface area contributed by atoms with Crippen LogP contribution in [0.3, 0.4) is 0 Å². The van der Waals surface area contributed by atoms with Gasteiger partial charge in [0.25, 0.3) is 5.56 Å². The maximum Gasteiger partial charge on any atom is 0.259 e. The summed E-state index contributed by atoms with van der Waals surface area (Å²) in [7, 11) is 0. The quantitative estimate of drug-likeness (QED) is 0.562. The second kappa shape index (κ2) is 1.88. The third kappa shape index (κ3) is 0.797. The summed E-state index contributed by atoms with van der Waals surface area (Å²) < 4.78 is 1.50. The molecule has 2 aromatic heterocycles. The fourth-order valence-corrected chi connectivity index (χ4v) is 1.06. The highest BCUT2D eigenvalue weighted by atomic mass is 16.1. The number of nitrogens with two attached hydrogens (primary N) is 1. The molecular formula is C7H7N3O. The van der Waals surface area contributed by atoms with Gasteiger partial charge in [0.05, 0.1) is 0 Å². The molecule has 0 amide bonds. The van der Waals surface area contributed by atoms with Crippen molar-refractivity contribution in [3.8, 4) is 0 Å². The lowest BCUT2D eigenvalue weighted by Crippen LogP contribution is -2.12. The zero-order valence-corrected chi connectivity index (χ0v) is 5.74. The lowest BCUT2D eigenvalue weighted by Gasteiger charge is -1.94. The lowest BCUT2D eigenvalue weighted by atomic mass is 10.5. The highest BCUT2D eigenvalue weighted by molar-refractivity contribution is 5.44. The molecule has 0 aromatic carbocycles. The van der Waals surface area contributed by atoms with Gasteiger partial charge in [0.1, 0.15) is 11.5 Å². The number of aromatic nitrogens is 2. The Morgan fingerprint density at radius 1 is 1.55 bits per heavy atom. The largest absolute Gasteiger partial charge is 0.385 e. The number of nitrogens with zero attached hydrogens (tertiary/aromatic N) is 1. The molecule has 0 atom stereocenters. The minimum atomic E-state index is -0.110. The summed E-state index contributed by atoms with van der Waals surface area (Å²) in [4.78, 5) is 14.0. The molecular weight excluding hydrogens is 142 g/mol. The molecule has 11 heavy (non-hydrogen) atoms. The molecule has 0 unspecified atom stereocenters. The Morgan fingerprint density at radius 2 is 2.36 bits per heavy atom. The summed E-state index contributed by atoms with van der Waals surface area (Å²) in [6.07, 6.45) is 1.69. The van der Waals surface area contributed by atoms with Crippen molar-refractivity contribution in [1.29, 1.82) is 0 Å². The van der Waals surface area contributed by atoms with E-state index in [0.29, 0.717) is 5.82 Å². The average molecular weight is 149 g/mol. The van der Waals surface area contributed by atoms with Crippen LogP contribution in [0.15, 0.2) is 29.2 Å². The van der Waals surface area contributed by atoms with Gasteiger partial charge in [0.15, 0.2) is 0 Å². The predicted molar refractivity (Wildman–Crippen MR) is 42.4 cm³/mol. The van der Waals surface area contributed by atoms with Crippen LogP contribution < -0.4 is 11.3 Å². The molecule has 0 bridgehead atoms.